The predicted octanol–water partition coefficient (Wildman–Crippen LogP) is 4.23. The smallest absolute Gasteiger partial charge is 0.156 e. The zero-order valence-electron chi connectivity index (χ0n) is 13.5. The van der Waals surface area contributed by atoms with E-state index in [2.05, 4.69) is 22.4 Å². The highest BCUT2D eigenvalue weighted by Gasteiger charge is 2.09. The third-order valence-electron chi connectivity index (χ3n) is 3.79. The molecule has 0 radical (unpaired) electrons. The lowest BCUT2D eigenvalue weighted by atomic mass is 10.2. The lowest BCUT2D eigenvalue weighted by molar-refractivity contribution is 0.627. The van der Waals surface area contributed by atoms with Gasteiger partial charge in [-0.3, -0.25) is 0 Å². The van der Waals surface area contributed by atoms with E-state index in [1.54, 1.807) is 4.68 Å². The molecule has 0 amide bonds. The van der Waals surface area contributed by atoms with Gasteiger partial charge in [-0.05, 0) is 59.4 Å². The van der Waals surface area contributed by atoms with E-state index in [1.807, 2.05) is 54.2 Å². The molecule has 1 aromatic heterocycles. The maximum Gasteiger partial charge on any atom is 0.156 e. The van der Waals surface area contributed by atoms with Crippen LogP contribution in [0.1, 0.15) is 30.0 Å². The third kappa shape index (κ3) is 4.20. The molecule has 124 valence electrons. The summed E-state index contributed by atoms with van der Waals surface area (Å²) in [6.07, 6.45) is 1.81. The summed E-state index contributed by atoms with van der Waals surface area (Å²) in [7, 11) is 0. The Balaban J connectivity index is 1.51. The number of benzene rings is 2. The second-order valence-electron chi connectivity index (χ2n) is 5.51. The number of nitrogens with zero attached hydrogens (tertiary/aromatic N) is 4. The van der Waals surface area contributed by atoms with Crippen LogP contribution in [0.3, 0.4) is 0 Å². The van der Waals surface area contributed by atoms with Crippen molar-refractivity contribution in [1.82, 2.24) is 20.2 Å². The SMILES string of the molecule is CC(SCCCc1nnnn1-c1ccccc1)c1ccc(F)cc1. The number of rotatable bonds is 7. The molecule has 0 fully saturated rings. The highest BCUT2D eigenvalue weighted by Crippen LogP contribution is 2.28. The first-order valence-corrected chi connectivity index (χ1v) is 8.98. The van der Waals surface area contributed by atoms with Gasteiger partial charge in [0, 0.05) is 11.7 Å². The van der Waals surface area contributed by atoms with Crippen molar-refractivity contribution in [2.45, 2.75) is 25.0 Å². The van der Waals surface area contributed by atoms with Crippen LogP contribution in [0.5, 0.6) is 0 Å². The Hall–Kier alpha value is -2.21. The molecule has 0 spiro atoms. The number of para-hydroxylation sites is 1. The zero-order valence-corrected chi connectivity index (χ0v) is 14.3. The first kappa shape index (κ1) is 16.6. The van der Waals surface area contributed by atoms with Crippen LogP contribution in [-0.4, -0.2) is 26.0 Å². The summed E-state index contributed by atoms with van der Waals surface area (Å²) in [6.45, 7) is 2.14. The van der Waals surface area contributed by atoms with Gasteiger partial charge in [-0.2, -0.15) is 16.4 Å². The van der Waals surface area contributed by atoms with Crippen LogP contribution in [-0.2, 0) is 6.42 Å². The van der Waals surface area contributed by atoms with E-state index in [-0.39, 0.29) is 5.82 Å². The lowest BCUT2D eigenvalue weighted by Crippen LogP contribution is -2.04. The number of hydrogen-bond donors (Lipinski definition) is 0. The molecule has 0 saturated carbocycles. The molecule has 1 heterocycles. The van der Waals surface area contributed by atoms with Gasteiger partial charge in [-0.25, -0.2) is 4.39 Å². The number of hydrogen-bond acceptors (Lipinski definition) is 4. The summed E-state index contributed by atoms with van der Waals surface area (Å²) >= 11 is 1.86. The van der Waals surface area contributed by atoms with Crippen molar-refractivity contribution in [3.05, 3.63) is 71.8 Å². The highest BCUT2D eigenvalue weighted by atomic mass is 32.2. The summed E-state index contributed by atoms with van der Waals surface area (Å²) in [6, 6.07) is 16.6. The summed E-state index contributed by atoms with van der Waals surface area (Å²) in [5, 5.41) is 12.3. The van der Waals surface area contributed by atoms with Gasteiger partial charge in [0.25, 0.3) is 0 Å². The first-order valence-electron chi connectivity index (χ1n) is 7.94. The van der Waals surface area contributed by atoms with Gasteiger partial charge in [-0.15, -0.1) is 5.10 Å². The molecule has 0 N–H and O–H groups in total. The van der Waals surface area contributed by atoms with Crippen molar-refractivity contribution in [1.29, 1.82) is 0 Å². The number of tetrazole rings is 1. The molecule has 1 unspecified atom stereocenters. The third-order valence-corrected chi connectivity index (χ3v) is 5.08. The van der Waals surface area contributed by atoms with Gasteiger partial charge < -0.3 is 0 Å². The molecule has 0 aliphatic heterocycles. The largest absolute Gasteiger partial charge is 0.207 e. The van der Waals surface area contributed by atoms with Crippen molar-refractivity contribution in [3.63, 3.8) is 0 Å². The average molecular weight is 342 g/mol. The number of halogens is 1. The molecule has 24 heavy (non-hydrogen) atoms. The van der Waals surface area contributed by atoms with Gasteiger partial charge in [0.15, 0.2) is 5.82 Å². The van der Waals surface area contributed by atoms with Crippen LogP contribution >= 0.6 is 11.8 Å². The Morgan fingerprint density at radius 2 is 1.83 bits per heavy atom. The average Bonchev–Trinajstić information content (AvgIpc) is 3.08. The zero-order chi connectivity index (χ0) is 16.8. The second-order valence-corrected chi connectivity index (χ2v) is 6.96. The molecule has 2 aromatic carbocycles. The van der Waals surface area contributed by atoms with Crippen molar-refractivity contribution in [2.24, 2.45) is 0 Å². The van der Waals surface area contributed by atoms with E-state index in [4.69, 9.17) is 0 Å². The van der Waals surface area contributed by atoms with E-state index >= 15 is 0 Å². The molecule has 6 heteroatoms. The Bertz CT molecular complexity index is 758. The van der Waals surface area contributed by atoms with Gasteiger partial charge in [0.1, 0.15) is 5.82 Å². The molecule has 4 nitrogen and oxygen atoms in total. The van der Waals surface area contributed by atoms with Crippen molar-refractivity contribution in [3.8, 4) is 5.69 Å². The van der Waals surface area contributed by atoms with Crippen LogP contribution in [0, 0.1) is 5.82 Å². The fourth-order valence-electron chi connectivity index (χ4n) is 2.45. The van der Waals surface area contributed by atoms with Crippen molar-refractivity contribution >= 4 is 11.8 Å². The topological polar surface area (TPSA) is 43.6 Å². The van der Waals surface area contributed by atoms with Gasteiger partial charge in [0.2, 0.25) is 0 Å². The van der Waals surface area contributed by atoms with E-state index < -0.39 is 0 Å². The lowest BCUT2D eigenvalue weighted by Gasteiger charge is -2.11. The minimum Gasteiger partial charge on any atom is -0.207 e. The van der Waals surface area contributed by atoms with Crippen LogP contribution in [0.15, 0.2) is 54.6 Å². The first-order chi connectivity index (χ1) is 11.7. The molecular formula is C18H19FN4S. The Labute approximate surface area is 145 Å². The molecule has 0 aliphatic rings. The monoisotopic (exact) mass is 342 g/mol. The van der Waals surface area contributed by atoms with E-state index in [0.29, 0.717) is 5.25 Å². The quantitative estimate of drug-likeness (QED) is 0.603. The Morgan fingerprint density at radius 1 is 1.08 bits per heavy atom. The van der Waals surface area contributed by atoms with Gasteiger partial charge >= 0.3 is 0 Å². The fourth-order valence-corrected chi connectivity index (χ4v) is 3.47. The molecule has 0 saturated heterocycles. The minimum atomic E-state index is -0.191. The van der Waals surface area contributed by atoms with Gasteiger partial charge in [0.05, 0.1) is 5.69 Å². The summed E-state index contributed by atoms with van der Waals surface area (Å²) in [5.74, 6) is 1.68. The van der Waals surface area contributed by atoms with Crippen LogP contribution in [0.25, 0.3) is 5.69 Å². The fraction of sp³-hybridized carbons (Fsp3) is 0.278. The molecule has 3 rings (SSSR count). The summed E-state index contributed by atoms with van der Waals surface area (Å²) < 4.78 is 14.7. The Morgan fingerprint density at radius 3 is 2.58 bits per heavy atom. The van der Waals surface area contributed by atoms with Crippen LogP contribution in [0.2, 0.25) is 0 Å². The summed E-state index contributed by atoms with van der Waals surface area (Å²) in [4.78, 5) is 0. The number of aromatic nitrogens is 4. The van der Waals surface area contributed by atoms with Crippen molar-refractivity contribution < 1.29 is 4.39 Å². The minimum absolute atomic E-state index is 0.191. The molecule has 0 bridgehead atoms. The molecule has 0 aliphatic carbocycles. The number of thioether (sulfide) groups is 1. The van der Waals surface area contributed by atoms with E-state index in [1.165, 1.54) is 12.1 Å². The van der Waals surface area contributed by atoms with E-state index in [9.17, 15) is 4.39 Å². The Kier molecular flexibility index (Phi) is 5.59. The number of aryl methyl sites for hydroxylation is 1. The predicted molar refractivity (Wildman–Crippen MR) is 94.7 cm³/mol. The standard InChI is InChI=1S/C18H19FN4S/c1-14(15-9-11-16(19)12-10-15)24-13-5-8-18-20-21-22-23(18)17-6-3-2-4-7-17/h2-4,6-7,9-12,14H,5,8,13H2,1H3. The van der Waals surface area contributed by atoms with Crippen LogP contribution < -0.4 is 0 Å². The molecular weight excluding hydrogens is 323 g/mol. The van der Waals surface area contributed by atoms with Crippen LogP contribution in [0.4, 0.5) is 4.39 Å². The second kappa shape index (κ2) is 8.06. The molecule has 1 atom stereocenters. The maximum atomic E-state index is 13.0. The maximum absolute atomic E-state index is 13.0. The highest BCUT2D eigenvalue weighted by molar-refractivity contribution is 7.99. The normalized spacial score (nSPS) is 12.2. The molecule has 3 aromatic rings. The van der Waals surface area contributed by atoms with Crippen molar-refractivity contribution in [2.75, 3.05) is 5.75 Å². The van der Waals surface area contributed by atoms with Gasteiger partial charge in [-0.1, -0.05) is 30.3 Å². The summed E-state index contributed by atoms with van der Waals surface area (Å²) in [5.41, 5.74) is 2.13. The van der Waals surface area contributed by atoms with E-state index in [0.717, 1.165) is 35.7 Å².